The second-order valence-electron chi connectivity index (χ2n) is 7.98. The molecule has 0 radical (unpaired) electrons. The van der Waals surface area contributed by atoms with E-state index in [4.69, 9.17) is 0 Å². The summed E-state index contributed by atoms with van der Waals surface area (Å²) in [6.45, 7) is 8.06. The Balaban J connectivity index is 1.55. The Kier molecular flexibility index (Phi) is 6.89. The largest absolute Gasteiger partial charge is 0.393 e. The third-order valence-corrected chi connectivity index (χ3v) is 6.07. The van der Waals surface area contributed by atoms with Crippen molar-refractivity contribution in [3.8, 4) is 0 Å². The van der Waals surface area contributed by atoms with Gasteiger partial charge in [-0.2, -0.15) is 0 Å². The van der Waals surface area contributed by atoms with Crippen molar-refractivity contribution in [1.82, 2.24) is 14.7 Å². The van der Waals surface area contributed by atoms with E-state index in [2.05, 4.69) is 14.7 Å². The smallest absolute Gasteiger partial charge is 0.0564 e. The summed E-state index contributed by atoms with van der Waals surface area (Å²) in [5.41, 5.74) is 0. The zero-order valence-corrected chi connectivity index (χ0v) is 14.9. The van der Waals surface area contributed by atoms with Crippen LogP contribution in [0.15, 0.2) is 0 Å². The van der Waals surface area contributed by atoms with E-state index in [1.54, 1.807) is 0 Å². The molecule has 3 aliphatic rings. The first-order valence-corrected chi connectivity index (χ1v) is 9.83. The van der Waals surface area contributed by atoms with Crippen molar-refractivity contribution in [3.63, 3.8) is 0 Å². The highest BCUT2D eigenvalue weighted by molar-refractivity contribution is 4.86. The van der Waals surface area contributed by atoms with E-state index in [9.17, 15) is 15.3 Å². The third kappa shape index (κ3) is 5.38. The van der Waals surface area contributed by atoms with Crippen LogP contribution in [0.5, 0.6) is 0 Å². The van der Waals surface area contributed by atoms with Crippen molar-refractivity contribution in [3.05, 3.63) is 0 Å². The molecule has 0 amide bonds. The van der Waals surface area contributed by atoms with Gasteiger partial charge in [0.05, 0.1) is 18.3 Å². The summed E-state index contributed by atoms with van der Waals surface area (Å²) in [5, 5.41) is 29.3. The van der Waals surface area contributed by atoms with Gasteiger partial charge in [0.1, 0.15) is 0 Å². The molecule has 24 heavy (non-hydrogen) atoms. The highest BCUT2D eigenvalue weighted by atomic mass is 16.3. The van der Waals surface area contributed by atoms with E-state index >= 15 is 0 Å². The molecule has 140 valence electrons. The van der Waals surface area contributed by atoms with Crippen LogP contribution in [-0.4, -0.2) is 107 Å². The van der Waals surface area contributed by atoms with Gasteiger partial charge in [-0.3, -0.25) is 4.90 Å². The number of nitrogens with zero attached hydrogens (tertiary/aromatic N) is 3. The van der Waals surface area contributed by atoms with E-state index in [0.29, 0.717) is 6.04 Å². The molecule has 3 saturated heterocycles. The summed E-state index contributed by atoms with van der Waals surface area (Å²) in [7, 11) is 0. The number of rotatable bonds is 5. The quantitative estimate of drug-likeness (QED) is 0.639. The van der Waals surface area contributed by atoms with E-state index in [1.165, 1.54) is 0 Å². The third-order valence-electron chi connectivity index (χ3n) is 6.07. The molecule has 3 heterocycles. The minimum atomic E-state index is -0.128. The lowest BCUT2D eigenvalue weighted by molar-refractivity contribution is 0.0122. The lowest BCUT2D eigenvalue weighted by Crippen LogP contribution is -2.55. The molecule has 0 atom stereocenters. The molecular formula is C18H35N3O3. The Labute approximate surface area is 146 Å². The van der Waals surface area contributed by atoms with Gasteiger partial charge in [-0.1, -0.05) is 0 Å². The van der Waals surface area contributed by atoms with Crippen molar-refractivity contribution < 1.29 is 15.3 Å². The molecule has 0 aromatic heterocycles. The maximum Gasteiger partial charge on any atom is 0.0564 e. The lowest BCUT2D eigenvalue weighted by atomic mass is 10.0. The molecule has 3 rings (SSSR count). The minimum absolute atomic E-state index is 0.117. The summed E-state index contributed by atoms with van der Waals surface area (Å²) in [6.07, 6.45) is 4.96. The number of piperidine rings is 3. The van der Waals surface area contributed by atoms with Gasteiger partial charge in [-0.25, -0.2) is 0 Å². The zero-order valence-electron chi connectivity index (χ0n) is 14.9. The van der Waals surface area contributed by atoms with Crippen molar-refractivity contribution in [2.45, 2.75) is 62.9 Å². The molecule has 0 bridgehead atoms. The Hall–Kier alpha value is -0.240. The number of aliphatic hydroxyl groups is 3. The molecule has 3 N–H and O–H groups in total. The molecule has 0 aromatic rings. The van der Waals surface area contributed by atoms with Crippen LogP contribution in [0, 0.1) is 0 Å². The first kappa shape index (κ1) is 18.5. The van der Waals surface area contributed by atoms with Gasteiger partial charge in [0, 0.05) is 58.4 Å². The van der Waals surface area contributed by atoms with Crippen molar-refractivity contribution in [2.24, 2.45) is 0 Å². The normalized spacial score (nSPS) is 28.0. The van der Waals surface area contributed by atoms with E-state index in [0.717, 1.165) is 90.9 Å². The Morgan fingerprint density at radius 3 is 1.29 bits per heavy atom. The highest BCUT2D eigenvalue weighted by Gasteiger charge is 2.29. The predicted molar refractivity (Wildman–Crippen MR) is 94.0 cm³/mol. The van der Waals surface area contributed by atoms with Gasteiger partial charge in [-0.15, -0.1) is 0 Å². The van der Waals surface area contributed by atoms with Gasteiger partial charge in [-0.05, 0) is 38.5 Å². The van der Waals surface area contributed by atoms with Crippen LogP contribution in [0.1, 0.15) is 38.5 Å². The number of hydrogen-bond donors (Lipinski definition) is 3. The molecule has 0 saturated carbocycles. The predicted octanol–water partition coefficient (Wildman–Crippen LogP) is -0.275. The summed E-state index contributed by atoms with van der Waals surface area (Å²) in [6, 6.07) is 0.489. The van der Waals surface area contributed by atoms with Gasteiger partial charge in [0.15, 0.2) is 0 Å². The van der Waals surface area contributed by atoms with Gasteiger partial charge in [0.25, 0.3) is 0 Å². The summed E-state index contributed by atoms with van der Waals surface area (Å²) >= 11 is 0. The Bertz CT molecular complexity index is 337. The van der Waals surface area contributed by atoms with E-state index < -0.39 is 0 Å². The molecule has 3 fully saturated rings. The van der Waals surface area contributed by atoms with Gasteiger partial charge < -0.3 is 25.1 Å². The maximum absolute atomic E-state index is 9.81. The molecule has 0 unspecified atom stereocenters. The Morgan fingerprint density at radius 1 is 0.583 bits per heavy atom. The molecular weight excluding hydrogens is 306 g/mol. The fourth-order valence-corrected chi connectivity index (χ4v) is 4.34. The first-order chi connectivity index (χ1) is 11.6. The number of aliphatic hydroxyl groups excluding tert-OH is 3. The molecule has 0 aromatic carbocycles. The number of likely N-dealkylation sites (tertiary alicyclic amines) is 3. The minimum Gasteiger partial charge on any atom is -0.393 e. The number of hydrogen-bond acceptors (Lipinski definition) is 6. The second kappa shape index (κ2) is 8.92. The van der Waals surface area contributed by atoms with Crippen LogP contribution < -0.4 is 0 Å². The monoisotopic (exact) mass is 341 g/mol. The average Bonchev–Trinajstić information content (AvgIpc) is 2.59. The second-order valence-corrected chi connectivity index (χ2v) is 7.98. The summed E-state index contributed by atoms with van der Waals surface area (Å²) < 4.78 is 0. The van der Waals surface area contributed by atoms with E-state index in [-0.39, 0.29) is 18.3 Å². The van der Waals surface area contributed by atoms with Gasteiger partial charge >= 0.3 is 0 Å². The van der Waals surface area contributed by atoms with Crippen LogP contribution in [0.4, 0.5) is 0 Å². The first-order valence-electron chi connectivity index (χ1n) is 9.83. The standard InChI is InChI=1S/C18H35N3O3/c22-16-1-7-19(8-2-16)13-15(21-11-5-18(24)6-12-21)14-20-9-3-17(23)4-10-20/h15-18,22-24H,1-14H2. The van der Waals surface area contributed by atoms with Crippen LogP contribution in [0.25, 0.3) is 0 Å². The van der Waals surface area contributed by atoms with Crippen molar-refractivity contribution in [1.29, 1.82) is 0 Å². The fourth-order valence-electron chi connectivity index (χ4n) is 4.34. The average molecular weight is 341 g/mol. The Morgan fingerprint density at radius 2 is 0.917 bits per heavy atom. The molecule has 0 aliphatic carbocycles. The molecule has 3 aliphatic heterocycles. The van der Waals surface area contributed by atoms with Crippen LogP contribution in [-0.2, 0) is 0 Å². The fraction of sp³-hybridized carbons (Fsp3) is 1.00. The van der Waals surface area contributed by atoms with Crippen LogP contribution >= 0.6 is 0 Å². The molecule has 0 spiro atoms. The SMILES string of the molecule is OC1CCN(CC(CN2CCC(O)CC2)N2CCC(O)CC2)CC1. The van der Waals surface area contributed by atoms with Crippen molar-refractivity contribution in [2.75, 3.05) is 52.4 Å². The lowest BCUT2D eigenvalue weighted by Gasteiger charge is -2.43. The van der Waals surface area contributed by atoms with Crippen molar-refractivity contribution >= 4 is 0 Å². The molecule has 6 nitrogen and oxygen atoms in total. The zero-order chi connectivity index (χ0) is 16.9. The van der Waals surface area contributed by atoms with E-state index in [1.807, 2.05) is 0 Å². The maximum atomic E-state index is 9.81. The summed E-state index contributed by atoms with van der Waals surface area (Å²) in [4.78, 5) is 7.56. The highest BCUT2D eigenvalue weighted by Crippen LogP contribution is 2.19. The topological polar surface area (TPSA) is 70.4 Å². The summed E-state index contributed by atoms with van der Waals surface area (Å²) in [5.74, 6) is 0. The van der Waals surface area contributed by atoms with Gasteiger partial charge in [0.2, 0.25) is 0 Å². The van der Waals surface area contributed by atoms with Crippen LogP contribution in [0.3, 0.4) is 0 Å². The molecule has 6 heteroatoms. The van der Waals surface area contributed by atoms with Crippen LogP contribution in [0.2, 0.25) is 0 Å².